The van der Waals surface area contributed by atoms with E-state index in [0.717, 1.165) is 25.9 Å². The fourth-order valence-electron chi connectivity index (χ4n) is 1.89. The number of nitrogens with two attached hydrogens (primary N) is 1. The van der Waals surface area contributed by atoms with Crippen LogP contribution in [0.25, 0.3) is 0 Å². The number of nitrogens with zero attached hydrogens (tertiary/aromatic N) is 1. The lowest BCUT2D eigenvalue weighted by molar-refractivity contribution is 0.304. The van der Waals surface area contributed by atoms with Gasteiger partial charge in [0.15, 0.2) is 0 Å². The molecule has 0 aliphatic heterocycles. The maximum Gasteiger partial charge on any atom is 0.144 e. The second kappa shape index (κ2) is 11.4. The summed E-state index contributed by atoms with van der Waals surface area (Å²) in [5.74, 6) is 1.61. The summed E-state index contributed by atoms with van der Waals surface area (Å²) in [5.41, 5.74) is 5.43. The van der Waals surface area contributed by atoms with Gasteiger partial charge in [0, 0.05) is 5.41 Å². The first-order valence-electron chi connectivity index (χ1n) is 7.22. The topological polar surface area (TPSA) is 70.6 Å². The highest BCUT2D eigenvalue weighted by Crippen LogP contribution is 2.21. The van der Waals surface area contributed by atoms with Crippen molar-refractivity contribution in [3.8, 4) is 0 Å². The number of hydrogen-bond acceptors (Lipinski definition) is 4. The van der Waals surface area contributed by atoms with E-state index in [1.807, 2.05) is 25.6 Å². The Labute approximate surface area is 122 Å². The molecule has 4 nitrogen and oxygen atoms in total. The fraction of sp³-hybridized carbons (Fsp3) is 0.929. The Balaban J connectivity index is 3.36. The van der Waals surface area contributed by atoms with Gasteiger partial charge in [-0.05, 0) is 50.8 Å². The molecule has 114 valence electrons. The van der Waals surface area contributed by atoms with Crippen LogP contribution in [0.15, 0.2) is 5.16 Å². The van der Waals surface area contributed by atoms with Crippen molar-refractivity contribution in [1.82, 2.24) is 5.32 Å². The van der Waals surface area contributed by atoms with Crippen LogP contribution in [-0.4, -0.2) is 36.1 Å². The molecule has 0 rings (SSSR count). The Hall–Kier alpha value is -0.420. The minimum absolute atomic E-state index is 0.214. The third-order valence-electron chi connectivity index (χ3n) is 3.41. The number of hydrogen-bond donors (Lipinski definition) is 3. The summed E-state index contributed by atoms with van der Waals surface area (Å²) in [4.78, 5) is 0. The van der Waals surface area contributed by atoms with Crippen LogP contribution in [0.4, 0.5) is 0 Å². The summed E-state index contributed by atoms with van der Waals surface area (Å²) in [5, 5.41) is 15.2. The molecule has 19 heavy (non-hydrogen) atoms. The van der Waals surface area contributed by atoms with Crippen molar-refractivity contribution in [2.45, 2.75) is 52.4 Å². The molecule has 0 spiro atoms. The third-order valence-corrected chi connectivity index (χ3v) is 4.11. The highest BCUT2D eigenvalue weighted by Gasteiger charge is 2.22. The van der Waals surface area contributed by atoms with E-state index in [-0.39, 0.29) is 5.41 Å². The third kappa shape index (κ3) is 10.1. The van der Waals surface area contributed by atoms with Crippen molar-refractivity contribution in [2.24, 2.45) is 16.3 Å². The van der Waals surface area contributed by atoms with Gasteiger partial charge >= 0.3 is 0 Å². The second-order valence-corrected chi connectivity index (χ2v) is 6.62. The normalized spacial score (nSPS) is 12.9. The minimum Gasteiger partial charge on any atom is -0.409 e. The molecule has 4 N–H and O–H groups in total. The van der Waals surface area contributed by atoms with Crippen LogP contribution in [0.1, 0.15) is 52.4 Å². The molecule has 0 aromatic heterocycles. The Morgan fingerprint density at radius 1 is 1.16 bits per heavy atom. The molecule has 0 bridgehead atoms. The number of unbranched alkanes of at least 4 members (excludes halogenated alkanes) is 3. The van der Waals surface area contributed by atoms with Crippen LogP contribution in [0.2, 0.25) is 0 Å². The zero-order chi connectivity index (χ0) is 14.6. The van der Waals surface area contributed by atoms with Gasteiger partial charge in [-0.15, -0.1) is 0 Å². The quantitative estimate of drug-likeness (QED) is 0.170. The van der Waals surface area contributed by atoms with Crippen molar-refractivity contribution >= 4 is 17.6 Å². The predicted octanol–water partition coefficient (Wildman–Crippen LogP) is 3.05. The number of amidine groups is 1. The van der Waals surface area contributed by atoms with Crippen molar-refractivity contribution in [3.05, 3.63) is 0 Å². The van der Waals surface area contributed by atoms with Gasteiger partial charge in [0.05, 0.1) is 0 Å². The summed E-state index contributed by atoms with van der Waals surface area (Å²) in [7, 11) is 0. The zero-order valence-electron chi connectivity index (χ0n) is 12.7. The SMILES string of the molecule is CSCCCCCCNCCCC(C)(C)C(N)=NO. The van der Waals surface area contributed by atoms with Crippen LogP contribution < -0.4 is 11.1 Å². The molecule has 0 heterocycles. The molecular formula is C14H31N3OS. The zero-order valence-corrected chi connectivity index (χ0v) is 13.6. The van der Waals surface area contributed by atoms with Gasteiger partial charge in [0.25, 0.3) is 0 Å². The van der Waals surface area contributed by atoms with Crippen LogP contribution >= 0.6 is 11.8 Å². The molecule has 0 amide bonds. The van der Waals surface area contributed by atoms with E-state index >= 15 is 0 Å². The molecule has 0 saturated carbocycles. The largest absolute Gasteiger partial charge is 0.409 e. The highest BCUT2D eigenvalue weighted by molar-refractivity contribution is 7.98. The van der Waals surface area contributed by atoms with Crippen molar-refractivity contribution < 1.29 is 5.21 Å². The van der Waals surface area contributed by atoms with Crippen LogP contribution in [0.3, 0.4) is 0 Å². The molecule has 0 fully saturated rings. The molecule has 0 unspecified atom stereocenters. The van der Waals surface area contributed by atoms with Crippen molar-refractivity contribution in [2.75, 3.05) is 25.1 Å². The summed E-state index contributed by atoms with van der Waals surface area (Å²) in [6, 6.07) is 0. The van der Waals surface area contributed by atoms with Crippen LogP contribution in [0.5, 0.6) is 0 Å². The number of rotatable bonds is 12. The van der Waals surface area contributed by atoms with E-state index in [1.54, 1.807) is 0 Å². The van der Waals surface area contributed by atoms with Gasteiger partial charge in [0.1, 0.15) is 5.84 Å². The predicted molar refractivity (Wildman–Crippen MR) is 86.1 cm³/mol. The maximum absolute atomic E-state index is 8.68. The van der Waals surface area contributed by atoms with E-state index in [9.17, 15) is 0 Å². The molecule has 0 aliphatic rings. The molecular weight excluding hydrogens is 258 g/mol. The van der Waals surface area contributed by atoms with E-state index in [2.05, 4.69) is 16.7 Å². The summed E-state index contributed by atoms with van der Waals surface area (Å²) in [6.07, 6.45) is 9.42. The van der Waals surface area contributed by atoms with Gasteiger partial charge in [-0.2, -0.15) is 11.8 Å². The van der Waals surface area contributed by atoms with E-state index in [4.69, 9.17) is 10.9 Å². The summed E-state index contributed by atoms with van der Waals surface area (Å²) >= 11 is 1.93. The lowest BCUT2D eigenvalue weighted by atomic mass is 9.86. The molecule has 5 heteroatoms. The van der Waals surface area contributed by atoms with Gasteiger partial charge < -0.3 is 16.3 Å². The lowest BCUT2D eigenvalue weighted by Crippen LogP contribution is -2.32. The summed E-state index contributed by atoms with van der Waals surface area (Å²) < 4.78 is 0. The number of thioether (sulfide) groups is 1. The monoisotopic (exact) mass is 289 g/mol. The van der Waals surface area contributed by atoms with Crippen molar-refractivity contribution in [3.63, 3.8) is 0 Å². The Kier molecular flexibility index (Phi) is 11.2. The number of oxime groups is 1. The molecule has 0 aliphatic carbocycles. The van der Waals surface area contributed by atoms with Gasteiger partial charge in [-0.1, -0.05) is 31.8 Å². The molecule has 0 aromatic carbocycles. The average molecular weight is 289 g/mol. The minimum atomic E-state index is -0.214. The first-order valence-corrected chi connectivity index (χ1v) is 8.61. The first-order chi connectivity index (χ1) is 9.04. The van der Waals surface area contributed by atoms with E-state index in [1.165, 1.54) is 31.4 Å². The van der Waals surface area contributed by atoms with Crippen molar-refractivity contribution in [1.29, 1.82) is 0 Å². The smallest absolute Gasteiger partial charge is 0.144 e. The Morgan fingerprint density at radius 2 is 1.79 bits per heavy atom. The fourth-order valence-corrected chi connectivity index (χ4v) is 2.39. The molecule has 0 radical (unpaired) electrons. The summed E-state index contributed by atoms with van der Waals surface area (Å²) in [6.45, 7) is 6.12. The van der Waals surface area contributed by atoms with Crippen LogP contribution in [0, 0.1) is 5.41 Å². The standard InChI is InChI=1S/C14H31N3OS/c1-14(2,13(15)17-18)9-8-11-16-10-6-4-5-7-12-19-3/h16,18H,4-12H2,1-3H3,(H2,15,17). The Bertz CT molecular complexity index is 245. The first kappa shape index (κ1) is 18.6. The van der Waals surface area contributed by atoms with Gasteiger partial charge in [-0.25, -0.2) is 0 Å². The van der Waals surface area contributed by atoms with Gasteiger partial charge in [0.2, 0.25) is 0 Å². The van der Waals surface area contributed by atoms with E-state index < -0.39 is 0 Å². The average Bonchev–Trinajstić information content (AvgIpc) is 2.39. The van der Waals surface area contributed by atoms with E-state index in [0.29, 0.717) is 5.84 Å². The number of nitrogens with one attached hydrogen (secondary N) is 1. The lowest BCUT2D eigenvalue weighted by Gasteiger charge is -2.22. The highest BCUT2D eigenvalue weighted by atomic mass is 32.2. The molecule has 0 aromatic rings. The van der Waals surface area contributed by atoms with Crippen LogP contribution in [-0.2, 0) is 0 Å². The van der Waals surface area contributed by atoms with Gasteiger partial charge in [-0.3, -0.25) is 0 Å². The maximum atomic E-state index is 8.68. The molecule has 0 saturated heterocycles. The molecule has 0 atom stereocenters. The second-order valence-electron chi connectivity index (χ2n) is 5.63. The Morgan fingerprint density at radius 3 is 2.42 bits per heavy atom.